The van der Waals surface area contributed by atoms with E-state index in [0.29, 0.717) is 13.0 Å². The first-order valence-corrected chi connectivity index (χ1v) is 9.92. The summed E-state index contributed by atoms with van der Waals surface area (Å²) in [6.07, 6.45) is 0.620. The second-order valence-electron chi connectivity index (χ2n) is 4.39. The molecule has 0 spiro atoms. The van der Waals surface area contributed by atoms with E-state index in [0.717, 1.165) is 6.04 Å². The van der Waals surface area contributed by atoms with E-state index in [1.807, 2.05) is 6.92 Å². The number of hydrogen-bond donors (Lipinski definition) is 0. The molecule has 0 aliphatic heterocycles. The molecule has 0 radical (unpaired) electrons. The molecule has 0 atom stereocenters. The zero-order valence-corrected chi connectivity index (χ0v) is 10.8. The Morgan fingerprint density at radius 2 is 1.77 bits per heavy atom. The van der Waals surface area contributed by atoms with Gasteiger partial charge in [0.15, 0.2) is 0 Å². The molecule has 0 fully saturated rings. The van der Waals surface area contributed by atoms with Gasteiger partial charge in [-0.05, 0) is 12.5 Å². The summed E-state index contributed by atoms with van der Waals surface area (Å²) in [5.41, 5.74) is 0. The molecule has 0 aliphatic rings. The third-order valence-corrected chi connectivity index (χ3v) is 4.71. The van der Waals surface area contributed by atoms with Crippen molar-refractivity contribution in [3.8, 4) is 0 Å². The molecule has 0 aliphatic carbocycles. The monoisotopic (exact) mass is 224 g/mol. The molecule has 5 heteroatoms. The Kier molecular flexibility index (Phi) is 5.17. The van der Waals surface area contributed by atoms with Gasteiger partial charge in [0.1, 0.15) is 0 Å². The lowest BCUT2D eigenvalue weighted by Crippen LogP contribution is -2.23. The summed E-state index contributed by atoms with van der Waals surface area (Å²) in [6.45, 7) is 8.78. The molecule has 0 bridgehead atoms. The van der Waals surface area contributed by atoms with Crippen molar-refractivity contribution >= 4 is 18.2 Å². The molecule has 0 N–H and O–H groups in total. The van der Waals surface area contributed by atoms with E-state index < -0.39 is 18.2 Å². The third-order valence-electron chi connectivity index (χ3n) is 1.57. The lowest BCUT2D eigenvalue weighted by Gasteiger charge is -2.14. The third kappa shape index (κ3) is 8.46. The molecule has 0 rings (SSSR count). The van der Waals surface area contributed by atoms with Gasteiger partial charge in [-0.2, -0.15) is 8.42 Å². The van der Waals surface area contributed by atoms with Crippen molar-refractivity contribution in [2.45, 2.75) is 39.0 Å². The van der Waals surface area contributed by atoms with Crippen molar-refractivity contribution in [1.82, 2.24) is 0 Å². The van der Waals surface area contributed by atoms with Gasteiger partial charge in [-0.25, -0.2) is 0 Å². The van der Waals surface area contributed by atoms with Crippen LogP contribution in [0.4, 0.5) is 0 Å². The van der Waals surface area contributed by atoms with Crippen molar-refractivity contribution in [1.29, 1.82) is 0 Å². The molecule has 3 nitrogen and oxygen atoms in total. The van der Waals surface area contributed by atoms with Crippen LogP contribution >= 0.6 is 0 Å². The summed E-state index contributed by atoms with van der Waals surface area (Å²) < 4.78 is 27.1. The highest BCUT2D eigenvalue weighted by Gasteiger charge is 2.15. The lowest BCUT2D eigenvalue weighted by molar-refractivity contribution is 0.336. The molecule has 0 amide bonds. The van der Waals surface area contributed by atoms with Gasteiger partial charge in [-0.15, -0.1) is 0 Å². The average molecular weight is 224 g/mol. The number of hydrogen-bond acceptors (Lipinski definition) is 3. The van der Waals surface area contributed by atoms with E-state index in [4.69, 9.17) is 4.18 Å². The summed E-state index contributed by atoms with van der Waals surface area (Å²) in [7, 11) is -4.40. The van der Waals surface area contributed by atoms with E-state index in [1.54, 1.807) is 0 Å². The SMILES string of the molecule is CCCS(=O)(=O)OCC[Si](C)(C)C. The van der Waals surface area contributed by atoms with Crippen LogP contribution < -0.4 is 0 Å². The zero-order valence-electron chi connectivity index (χ0n) is 8.96. The maximum Gasteiger partial charge on any atom is 0.267 e. The molecule has 0 unspecified atom stereocenters. The Balaban J connectivity index is 3.77. The fraction of sp³-hybridized carbons (Fsp3) is 1.00. The van der Waals surface area contributed by atoms with E-state index >= 15 is 0 Å². The lowest BCUT2D eigenvalue weighted by atomic mass is 10.6. The minimum Gasteiger partial charge on any atom is -0.270 e. The highest BCUT2D eigenvalue weighted by atomic mass is 32.2. The molecule has 0 aromatic heterocycles. The van der Waals surface area contributed by atoms with E-state index in [2.05, 4.69) is 19.6 Å². The van der Waals surface area contributed by atoms with Crippen LogP contribution in [0.2, 0.25) is 25.7 Å². The van der Waals surface area contributed by atoms with Crippen molar-refractivity contribution < 1.29 is 12.6 Å². The largest absolute Gasteiger partial charge is 0.270 e. The minimum absolute atomic E-state index is 0.138. The second-order valence-corrected chi connectivity index (χ2v) is 11.8. The fourth-order valence-electron chi connectivity index (χ4n) is 0.784. The standard InChI is InChI=1S/C8H20O3SSi/c1-5-7-12(9,10)11-6-8-13(2,3)4/h5-8H2,1-4H3. The van der Waals surface area contributed by atoms with Gasteiger partial charge in [0.05, 0.1) is 12.4 Å². The van der Waals surface area contributed by atoms with Crippen LogP contribution in [0.3, 0.4) is 0 Å². The molecule has 0 aromatic carbocycles. The number of rotatable bonds is 6. The topological polar surface area (TPSA) is 43.4 Å². The molecular formula is C8H20O3SSi. The first kappa shape index (κ1) is 13.1. The Labute approximate surface area is 82.6 Å². The molecule has 0 heterocycles. The van der Waals surface area contributed by atoms with Crippen LogP contribution in [0.25, 0.3) is 0 Å². The van der Waals surface area contributed by atoms with Crippen LogP contribution in [-0.2, 0) is 14.3 Å². The van der Waals surface area contributed by atoms with Crippen molar-refractivity contribution in [2.24, 2.45) is 0 Å². The molecular weight excluding hydrogens is 204 g/mol. The summed E-state index contributed by atoms with van der Waals surface area (Å²) >= 11 is 0. The second kappa shape index (κ2) is 5.12. The molecule has 0 aromatic rings. The fourth-order valence-corrected chi connectivity index (χ4v) is 2.60. The quantitative estimate of drug-likeness (QED) is 0.512. The molecule has 0 saturated heterocycles. The van der Waals surface area contributed by atoms with Gasteiger partial charge in [0.25, 0.3) is 10.1 Å². The van der Waals surface area contributed by atoms with E-state index in [-0.39, 0.29) is 5.75 Å². The van der Waals surface area contributed by atoms with Gasteiger partial charge < -0.3 is 0 Å². The maximum absolute atomic E-state index is 11.1. The van der Waals surface area contributed by atoms with Gasteiger partial charge >= 0.3 is 0 Å². The van der Waals surface area contributed by atoms with Crippen molar-refractivity contribution in [2.75, 3.05) is 12.4 Å². The Morgan fingerprint density at radius 3 is 2.15 bits per heavy atom. The van der Waals surface area contributed by atoms with Gasteiger partial charge in [-0.3, -0.25) is 4.18 Å². The van der Waals surface area contributed by atoms with E-state index in [1.165, 1.54) is 0 Å². The van der Waals surface area contributed by atoms with Crippen LogP contribution in [0.5, 0.6) is 0 Å². The van der Waals surface area contributed by atoms with Crippen LogP contribution in [0, 0.1) is 0 Å². The Hall–Kier alpha value is 0.127. The maximum atomic E-state index is 11.1. The summed E-state index contributed by atoms with van der Waals surface area (Å²) in [5, 5.41) is 0. The highest BCUT2D eigenvalue weighted by molar-refractivity contribution is 7.86. The molecule has 13 heavy (non-hydrogen) atoms. The predicted octanol–water partition coefficient (Wildman–Crippen LogP) is 2.08. The Morgan fingerprint density at radius 1 is 1.23 bits per heavy atom. The minimum atomic E-state index is -3.23. The van der Waals surface area contributed by atoms with Crippen LogP contribution in [0.15, 0.2) is 0 Å². The van der Waals surface area contributed by atoms with E-state index in [9.17, 15) is 8.42 Å². The Bertz CT molecular complexity index is 228. The van der Waals surface area contributed by atoms with Crippen molar-refractivity contribution in [3.05, 3.63) is 0 Å². The highest BCUT2D eigenvalue weighted by Crippen LogP contribution is 2.09. The summed E-state index contributed by atoms with van der Waals surface area (Å²) in [6, 6.07) is 0.899. The molecule has 80 valence electrons. The van der Waals surface area contributed by atoms with Crippen molar-refractivity contribution in [3.63, 3.8) is 0 Å². The van der Waals surface area contributed by atoms with Crippen LogP contribution in [-0.4, -0.2) is 28.9 Å². The first-order valence-electron chi connectivity index (χ1n) is 4.64. The van der Waals surface area contributed by atoms with Gasteiger partial charge in [-0.1, -0.05) is 26.6 Å². The predicted molar refractivity (Wildman–Crippen MR) is 58.2 cm³/mol. The normalized spacial score (nSPS) is 13.2. The summed E-state index contributed by atoms with van der Waals surface area (Å²) in [5.74, 6) is 0.138. The van der Waals surface area contributed by atoms with Gasteiger partial charge in [0, 0.05) is 8.07 Å². The molecule has 0 saturated carbocycles. The van der Waals surface area contributed by atoms with Crippen LogP contribution in [0.1, 0.15) is 13.3 Å². The smallest absolute Gasteiger partial charge is 0.267 e. The zero-order chi connectivity index (χ0) is 10.5. The van der Waals surface area contributed by atoms with Gasteiger partial charge in [0.2, 0.25) is 0 Å². The summed E-state index contributed by atoms with van der Waals surface area (Å²) in [4.78, 5) is 0. The first-order chi connectivity index (χ1) is 5.77. The average Bonchev–Trinajstić information content (AvgIpc) is 1.82.